The van der Waals surface area contributed by atoms with Crippen LogP contribution in [0.4, 0.5) is 0 Å². The lowest BCUT2D eigenvalue weighted by molar-refractivity contribution is -0.144. The minimum atomic E-state index is -1.61. The summed E-state index contributed by atoms with van der Waals surface area (Å²) in [4.78, 5) is 11.7. The van der Waals surface area contributed by atoms with Crippen molar-refractivity contribution >= 4 is 18.6 Å². The van der Waals surface area contributed by atoms with Crippen LogP contribution in [-0.4, -0.2) is 43.4 Å². The molecule has 0 bridgehead atoms. The fourth-order valence-corrected chi connectivity index (χ4v) is 2.04. The van der Waals surface area contributed by atoms with Gasteiger partial charge in [0.2, 0.25) is 0 Å². The van der Waals surface area contributed by atoms with Gasteiger partial charge in [-0.3, -0.25) is 4.79 Å². The molecule has 1 aromatic rings. The lowest BCUT2D eigenvalue weighted by atomic mass is 9.78. The standard InChI is InChI=1S/C14H22BNO5/c1-9(2)13(14(17)21-4)16-8-10-5-6-12(20-3)11(7-10)15(18)19/h5-7,9,13,16,18-19H,8H2,1-4H3/t13-/m0/s1. The van der Waals surface area contributed by atoms with E-state index in [0.29, 0.717) is 12.3 Å². The molecule has 0 aliphatic carbocycles. The van der Waals surface area contributed by atoms with E-state index in [4.69, 9.17) is 9.47 Å². The van der Waals surface area contributed by atoms with Gasteiger partial charge in [0.25, 0.3) is 0 Å². The highest BCUT2D eigenvalue weighted by Gasteiger charge is 2.23. The van der Waals surface area contributed by atoms with Gasteiger partial charge in [0.1, 0.15) is 11.8 Å². The third kappa shape index (κ3) is 4.73. The van der Waals surface area contributed by atoms with Crippen LogP contribution < -0.4 is 15.5 Å². The van der Waals surface area contributed by atoms with Crippen molar-refractivity contribution in [1.29, 1.82) is 0 Å². The molecular weight excluding hydrogens is 273 g/mol. The van der Waals surface area contributed by atoms with Gasteiger partial charge in [-0.15, -0.1) is 0 Å². The van der Waals surface area contributed by atoms with E-state index in [2.05, 4.69) is 5.32 Å². The second-order valence-corrected chi connectivity index (χ2v) is 5.08. The number of carbonyl (C=O) groups is 1. The first-order valence-corrected chi connectivity index (χ1v) is 6.74. The fourth-order valence-electron chi connectivity index (χ4n) is 2.04. The molecule has 6 nitrogen and oxygen atoms in total. The van der Waals surface area contributed by atoms with E-state index in [1.807, 2.05) is 13.8 Å². The number of nitrogens with one attached hydrogen (secondary N) is 1. The van der Waals surface area contributed by atoms with E-state index in [1.54, 1.807) is 18.2 Å². The molecule has 0 saturated carbocycles. The van der Waals surface area contributed by atoms with E-state index >= 15 is 0 Å². The van der Waals surface area contributed by atoms with Crippen LogP contribution in [0.15, 0.2) is 18.2 Å². The third-order valence-corrected chi connectivity index (χ3v) is 3.22. The van der Waals surface area contributed by atoms with Gasteiger partial charge in [0.15, 0.2) is 0 Å². The zero-order valence-corrected chi connectivity index (χ0v) is 12.8. The Hall–Kier alpha value is -1.57. The quantitative estimate of drug-likeness (QED) is 0.471. The molecule has 0 heterocycles. The predicted molar refractivity (Wildman–Crippen MR) is 80.3 cm³/mol. The molecule has 1 rings (SSSR count). The number of methoxy groups -OCH3 is 2. The number of hydrogen-bond donors (Lipinski definition) is 3. The topological polar surface area (TPSA) is 88.0 Å². The first kappa shape index (κ1) is 17.5. The summed E-state index contributed by atoms with van der Waals surface area (Å²) in [5.74, 6) is 0.168. The average molecular weight is 295 g/mol. The first-order chi connectivity index (χ1) is 9.90. The van der Waals surface area contributed by atoms with Crippen molar-refractivity contribution in [2.45, 2.75) is 26.4 Å². The monoisotopic (exact) mass is 295 g/mol. The molecule has 0 saturated heterocycles. The molecule has 1 aromatic carbocycles. The predicted octanol–water partition coefficient (Wildman–Crippen LogP) is -0.338. The van der Waals surface area contributed by atoms with Crippen molar-refractivity contribution in [2.24, 2.45) is 5.92 Å². The van der Waals surface area contributed by atoms with Gasteiger partial charge in [-0.05, 0) is 17.5 Å². The number of benzene rings is 1. The van der Waals surface area contributed by atoms with Gasteiger partial charge in [0.05, 0.1) is 14.2 Å². The molecule has 21 heavy (non-hydrogen) atoms. The lowest BCUT2D eigenvalue weighted by Gasteiger charge is -2.20. The van der Waals surface area contributed by atoms with Crippen molar-refractivity contribution in [3.63, 3.8) is 0 Å². The summed E-state index contributed by atoms with van der Waals surface area (Å²) in [7, 11) is 1.21. The number of hydrogen-bond acceptors (Lipinski definition) is 6. The van der Waals surface area contributed by atoms with Gasteiger partial charge in [-0.1, -0.05) is 26.0 Å². The Bertz CT molecular complexity index is 478. The zero-order valence-electron chi connectivity index (χ0n) is 12.8. The summed E-state index contributed by atoms with van der Waals surface area (Å²) in [6.45, 7) is 4.25. The number of rotatable bonds is 7. The maximum Gasteiger partial charge on any atom is 0.492 e. The maximum atomic E-state index is 11.7. The Morgan fingerprint density at radius 2 is 2.00 bits per heavy atom. The summed E-state index contributed by atoms with van der Waals surface area (Å²) in [5, 5.41) is 21.8. The van der Waals surface area contributed by atoms with Gasteiger partial charge in [-0.25, -0.2) is 0 Å². The highest BCUT2D eigenvalue weighted by Crippen LogP contribution is 2.11. The molecule has 0 aliphatic rings. The van der Waals surface area contributed by atoms with Crippen LogP contribution in [0, 0.1) is 5.92 Å². The normalized spacial score (nSPS) is 12.1. The summed E-state index contributed by atoms with van der Waals surface area (Å²) in [6.07, 6.45) is 0. The molecular formula is C14H22BNO5. The first-order valence-electron chi connectivity index (χ1n) is 6.74. The van der Waals surface area contributed by atoms with Crippen molar-refractivity contribution in [3.05, 3.63) is 23.8 Å². The van der Waals surface area contributed by atoms with E-state index in [1.165, 1.54) is 14.2 Å². The van der Waals surface area contributed by atoms with E-state index in [9.17, 15) is 14.8 Å². The van der Waals surface area contributed by atoms with Crippen LogP contribution in [0.5, 0.6) is 5.75 Å². The van der Waals surface area contributed by atoms with E-state index in [-0.39, 0.29) is 17.4 Å². The molecule has 116 valence electrons. The molecule has 3 N–H and O–H groups in total. The summed E-state index contributed by atoms with van der Waals surface area (Å²) in [5.41, 5.74) is 1.10. The van der Waals surface area contributed by atoms with Crippen molar-refractivity contribution in [3.8, 4) is 5.75 Å². The molecule has 0 aliphatic heterocycles. The minimum absolute atomic E-state index is 0.0820. The van der Waals surface area contributed by atoms with Crippen molar-refractivity contribution in [1.82, 2.24) is 5.32 Å². The van der Waals surface area contributed by atoms with Gasteiger partial charge in [0, 0.05) is 12.0 Å². The molecule has 7 heteroatoms. The van der Waals surface area contributed by atoms with Crippen molar-refractivity contribution < 1.29 is 24.3 Å². The van der Waals surface area contributed by atoms with Crippen LogP contribution in [0.1, 0.15) is 19.4 Å². The number of ether oxygens (including phenoxy) is 2. The minimum Gasteiger partial charge on any atom is -0.497 e. The lowest BCUT2D eigenvalue weighted by Crippen LogP contribution is -2.41. The van der Waals surface area contributed by atoms with Crippen LogP contribution >= 0.6 is 0 Å². The van der Waals surface area contributed by atoms with Crippen molar-refractivity contribution in [2.75, 3.05) is 14.2 Å². The number of carbonyl (C=O) groups excluding carboxylic acids is 1. The Morgan fingerprint density at radius 1 is 1.33 bits per heavy atom. The summed E-state index contributed by atoms with van der Waals surface area (Å²) in [6, 6.07) is 4.67. The molecule has 0 aromatic heterocycles. The number of esters is 1. The Balaban J connectivity index is 2.83. The molecule has 1 atom stereocenters. The smallest absolute Gasteiger partial charge is 0.492 e. The second kappa shape index (κ2) is 8.02. The molecule has 0 amide bonds. The van der Waals surface area contributed by atoms with Crippen LogP contribution in [0.25, 0.3) is 0 Å². The Labute approximate surface area is 125 Å². The summed E-state index contributed by atoms with van der Waals surface area (Å²) >= 11 is 0. The molecule has 0 fully saturated rings. The molecule has 0 radical (unpaired) electrons. The third-order valence-electron chi connectivity index (χ3n) is 3.22. The van der Waals surface area contributed by atoms with E-state index < -0.39 is 13.2 Å². The largest absolute Gasteiger partial charge is 0.497 e. The molecule has 0 unspecified atom stereocenters. The average Bonchev–Trinajstić information content (AvgIpc) is 2.46. The van der Waals surface area contributed by atoms with Gasteiger partial charge in [-0.2, -0.15) is 0 Å². The highest BCUT2D eigenvalue weighted by molar-refractivity contribution is 6.59. The van der Waals surface area contributed by atoms with E-state index in [0.717, 1.165) is 5.56 Å². The molecule has 0 spiro atoms. The van der Waals surface area contributed by atoms with Crippen LogP contribution in [-0.2, 0) is 16.1 Å². The van der Waals surface area contributed by atoms with Gasteiger partial charge < -0.3 is 24.8 Å². The van der Waals surface area contributed by atoms with Gasteiger partial charge >= 0.3 is 13.1 Å². The SMILES string of the molecule is COC(=O)[C@@H](NCc1ccc(OC)c(B(O)O)c1)C(C)C. The second-order valence-electron chi connectivity index (χ2n) is 5.08. The maximum absolute atomic E-state index is 11.7. The fraction of sp³-hybridized carbons (Fsp3) is 0.500. The highest BCUT2D eigenvalue weighted by atomic mass is 16.5. The Morgan fingerprint density at radius 3 is 2.48 bits per heavy atom. The Kier molecular flexibility index (Phi) is 6.68. The van der Waals surface area contributed by atoms with Crippen LogP contribution in [0.3, 0.4) is 0 Å². The van der Waals surface area contributed by atoms with Crippen LogP contribution in [0.2, 0.25) is 0 Å². The zero-order chi connectivity index (χ0) is 16.0. The summed E-state index contributed by atoms with van der Waals surface area (Å²) < 4.78 is 9.83.